The van der Waals surface area contributed by atoms with Crippen LogP contribution in [0.4, 0.5) is 8.78 Å². The van der Waals surface area contributed by atoms with Gasteiger partial charge in [-0.2, -0.15) is 0 Å². The third-order valence-electron chi connectivity index (χ3n) is 3.98. The van der Waals surface area contributed by atoms with Crippen LogP contribution in [0.3, 0.4) is 0 Å². The summed E-state index contributed by atoms with van der Waals surface area (Å²) in [5, 5.41) is 0. The zero-order valence-corrected chi connectivity index (χ0v) is 12.9. The van der Waals surface area contributed by atoms with E-state index in [0.717, 1.165) is 5.56 Å². The average Bonchev–Trinajstić information content (AvgIpc) is 2.93. The zero-order valence-electron chi connectivity index (χ0n) is 12.1. The molecule has 0 spiro atoms. The second-order valence-corrected chi connectivity index (χ2v) is 7.80. The van der Waals surface area contributed by atoms with Gasteiger partial charge in [0.05, 0.1) is 11.5 Å². The van der Waals surface area contributed by atoms with Crippen LogP contribution < -0.4 is 9.47 Å². The van der Waals surface area contributed by atoms with Gasteiger partial charge in [0.1, 0.15) is 0 Å². The van der Waals surface area contributed by atoms with E-state index in [9.17, 15) is 17.2 Å². The second kappa shape index (κ2) is 5.34. The van der Waals surface area contributed by atoms with Crippen molar-refractivity contribution in [2.75, 3.05) is 18.1 Å². The number of nitrogens with zero attached hydrogens (tertiary/aromatic N) is 1. The molecule has 5 nitrogen and oxygen atoms in total. The first-order valence-corrected chi connectivity index (χ1v) is 8.93. The Kier molecular flexibility index (Phi) is 3.76. The molecule has 1 aromatic carbocycles. The van der Waals surface area contributed by atoms with Crippen molar-refractivity contribution in [1.29, 1.82) is 0 Å². The fourth-order valence-corrected chi connectivity index (χ4v) is 4.65. The largest absolute Gasteiger partial charge is 0.586 e. The number of sulfone groups is 1. The maximum Gasteiger partial charge on any atom is 0.586 e. The van der Waals surface area contributed by atoms with Gasteiger partial charge >= 0.3 is 6.29 Å². The van der Waals surface area contributed by atoms with Gasteiger partial charge in [0.2, 0.25) is 0 Å². The highest BCUT2D eigenvalue weighted by Crippen LogP contribution is 2.41. The Labute approximate surface area is 127 Å². The summed E-state index contributed by atoms with van der Waals surface area (Å²) < 4.78 is 58.0. The van der Waals surface area contributed by atoms with Gasteiger partial charge in [-0.15, -0.1) is 8.78 Å². The van der Waals surface area contributed by atoms with Crippen molar-refractivity contribution in [3.8, 4) is 11.5 Å². The smallest absolute Gasteiger partial charge is 0.395 e. The zero-order chi connectivity index (χ0) is 16.0. The van der Waals surface area contributed by atoms with Crippen LogP contribution in [-0.4, -0.2) is 43.7 Å². The highest BCUT2D eigenvalue weighted by Gasteiger charge is 2.43. The predicted molar refractivity (Wildman–Crippen MR) is 75.8 cm³/mol. The van der Waals surface area contributed by atoms with Crippen molar-refractivity contribution in [2.45, 2.75) is 32.2 Å². The van der Waals surface area contributed by atoms with E-state index in [1.807, 2.05) is 11.8 Å². The summed E-state index contributed by atoms with van der Waals surface area (Å²) in [6.07, 6.45) is -3.01. The van der Waals surface area contributed by atoms with Gasteiger partial charge in [0, 0.05) is 12.6 Å². The molecule has 1 aromatic rings. The third-order valence-corrected chi connectivity index (χ3v) is 5.73. The SMILES string of the molecule is CCN(Cc1ccc2c(c1)OC(F)(F)O2)C1CCS(=O)(=O)C1. The molecule has 0 bridgehead atoms. The van der Waals surface area contributed by atoms with Crippen LogP contribution in [0.15, 0.2) is 18.2 Å². The van der Waals surface area contributed by atoms with Crippen LogP contribution in [0.2, 0.25) is 0 Å². The number of hydrogen-bond acceptors (Lipinski definition) is 5. The van der Waals surface area contributed by atoms with Crippen LogP contribution >= 0.6 is 0 Å². The molecule has 8 heteroatoms. The highest BCUT2D eigenvalue weighted by atomic mass is 32.2. The quantitative estimate of drug-likeness (QED) is 0.844. The lowest BCUT2D eigenvalue weighted by atomic mass is 10.1. The van der Waals surface area contributed by atoms with E-state index in [-0.39, 0.29) is 29.0 Å². The van der Waals surface area contributed by atoms with E-state index in [4.69, 9.17) is 0 Å². The molecule has 1 fully saturated rings. The molecule has 0 radical (unpaired) electrons. The molecule has 0 amide bonds. The van der Waals surface area contributed by atoms with Crippen molar-refractivity contribution in [2.24, 2.45) is 0 Å². The summed E-state index contributed by atoms with van der Waals surface area (Å²) in [5.41, 5.74) is 0.784. The van der Waals surface area contributed by atoms with Crippen LogP contribution in [-0.2, 0) is 16.4 Å². The molecule has 2 aliphatic heterocycles. The van der Waals surface area contributed by atoms with E-state index in [0.29, 0.717) is 19.5 Å². The van der Waals surface area contributed by atoms with Gasteiger partial charge in [-0.3, -0.25) is 4.90 Å². The molecule has 122 valence electrons. The maximum absolute atomic E-state index is 13.0. The summed E-state index contributed by atoms with van der Waals surface area (Å²) in [4.78, 5) is 2.04. The first kappa shape index (κ1) is 15.5. The van der Waals surface area contributed by atoms with Gasteiger partial charge in [0.15, 0.2) is 21.3 Å². The number of hydrogen-bond donors (Lipinski definition) is 0. The molecule has 2 heterocycles. The van der Waals surface area contributed by atoms with Crippen molar-refractivity contribution in [3.63, 3.8) is 0 Å². The lowest BCUT2D eigenvalue weighted by Crippen LogP contribution is -2.35. The maximum atomic E-state index is 13.0. The highest BCUT2D eigenvalue weighted by molar-refractivity contribution is 7.91. The van der Waals surface area contributed by atoms with Crippen LogP contribution in [0.25, 0.3) is 0 Å². The molecular weight excluding hydrogens is 316 g/mol. The normalized spacial score (nSPS) is 24.8. The van der Waals surface area contributed by atoms with Gasteiger partial charge in [-0.25, -0.2) is 8.42 Å². The van der Waals surface area contributed by atoms with Crippen molar-refractivity contribution in [3.05, 3.63) is 23.8 Å². The number of halogens is 2. The number of fused-ring (bicyclic) bond motifs is 1. The number of benzene rings is 1. The molecule has 0 aliphatic carbocycles. The summed E-state index contributed by atoms with van der Waals surface area (Å²) in [6, 6.07) is 4.63. The molecule has 2 aliphatic rings. The minimum absolute atomic E-state index is 0.0117. The minimum Gasteiger partial charge on any atom is -0.395 e. The van der Waals surface area contributed by atoms with Gasteiger partial charge in [-0.05, 0) is 30.7 Å². The van der Waals surface area contributed by atoms with Crippen LogP contribution in [0, 0.1) is 0 Å². The van der Waals surface area contributed by atoms with Gasteiger partial charge in [0.25, 0.3) is 0 Å². The van der Waals surface area contributed by atoms with E-state index >= 15 is 0 Å². The molecular formula is C14H17F2NO4S. The van der Waals surface area contributed by atoms with Crippen molar-refractivity contribution >= 4 is 9.84 Å². The standard InChI is InChI=1S/C14H17F2NO4S/c1-2-17(11-5-6-22(18,19)9-11)8-10-3-4-12-13(7-10)21-14(15,16)20-12/h3-4,7,11H,2,5-6,8-9H2,1H3. The molecule has 22 heavy (non-hydrogen) atoms. The Morgan fingerprint density at radius 2 is 2.05 bits per heavy atom. The topological polar surface area (TPSA) is 55.8 Å². The van der Waals surface area contributed by atoms with Crippen LogP contribution in [0.1, 0.15) is 18.9 Å². The summed E-state index contributed by atoms with van der Waals surface area (Å²) in [5.74, 6) is 0.392. The Bertz CT molecular complexity index is 677. The fourth-order valence-electron chi connectivity index (χ4n) is 2.89. The Balaban J connectivity index is 1.73. The monoisotopic (exact) mass is 333 g/mol. The van der Waals surface area contributed by atoms with Gasteiger partial charge in [-0.1, -0.05) is 13.0 Å². The summed E-state index contributed by atoms with van der Waals surface area (Å²) in [7, 11) is -2.95. The Morgan fingerprint density at radius 1 is 1.32 bits per heavy atom. The molecule has 1 saturated heterocycles. The molecule has 1 atom stereocenters. The van der Waals surface area contributed by atoms with Crippen molar-refractivity contribution in [1.82, 2.24) is 4.90 Å². The first-order valence-electron chi connectivity index (χ1n) is 7.11. The predicted octanol–water partition coefficient (Wildman–Crippen LogP) is 2.02. The van der Waals surface area contributed by atoms with E-state index in [1.54, 1.807) is 6.07 Å². The summed E-state index contributed by atoms with van der Waals surface area (Å²) in [6.45, 7) is 3.12. The molecule has 0 aromatic heterocycles. The number of rotatable bonds is 4. The summed E-state index contributed by atoms with van der Waals surface area (Å²) >= 11 is 0. The van der Waals surface area contributed by atoms with Gasteiger partial charge < -0.3 is 9.47 Å². The molecule has 0 N–H and O–H groups in total. The van der Waals surface area contributed by atoms with E-state index in [2.05, 4.69) is 9.47 Å². The number of ether oxygens (including phenoxy) is 2. The Morgan fingerprint density at radius 3 is 2.68 bits per heavy atom. The second-order valence-electron chi connectivity index (χ2n) is 5.57. The molecule has 0 saturated carbocycles. The van der Waals surface area contributed by atoms with Crippen molar-refractivity contribution < 1.29 is 26.7 Å². The minimum atomic E-state index is -3.62. The van der Waals surface area contributed by atoms with E-state index < -0.39 is 16.1 Å². The first-order chi connectivity index (χ1) is 10.3. The molecule has 3 rings (SSSR count). The van der Waals surface area contributed by atoms with Crippen LogP contribution in [0.5, 0.6) is 11.5 Å². The number of alkyl halides is 2. The fraction of sp³-hybridized carbons (Fsp3) is 0.571. The Hall–Kier alpha value is -1.41. The van der Waals surface area contributed by atoms with E-state index in [1.165, 1.54) is 12.1 Å². The average molecular weight is 333 g/mol. The lowest BCUT2D eigenvalue weighted by molar-refractivity contribution is -0.286. The third kappa shape index (κ3) is 3.17. The molecule has 1 unspecified atom stereocenters. The lowest BCUT2D eigenvalue weighted by Gasteiger charge is -2.26.